The topological polar surface area (TPSA) is 47.6 Å². The summed E-state index contributed by atoms with van der Waals surface area (Å²) in [5.41, 5.74) is -0.407. The summed E-state index contributed by atoms with van der Waals surface area (Å²) in [4.78, 5) is 11.9. The molecule has 80 valence electrons. The first-order valence-electron chi connectivity index (χ1n) is 5.31. The third-order valence-electron chi connectivity index (χ3n) is 3.12. The second-order valence-corrected chi connectivity index (χ2v) is 4.03. The Labute approximate surface area is 84.0 Å². The molecule has 2 heterocycles. The number of hydrogen-bond donors (Lipinski definition) is 1. The van der Waals surface area contributed by atoms with Crippen LogP contribution in [0.2, 0.25) is 0 Å². The first-order valence-corrected chi connectivity index (χ1v) is 5.31. The van der Waals surface area contributed by atoms with E-state index in [9.17, 15) is 4.79 Å². The molecule has 1 N–H and O–H groups in total. The van der Waals surface area contributed by atoms with Gasteiger partial charge in [-0.05, 0) is 25.8 Å². The molecule has 0 aromatic carbocycles. The molecule has 0 amide bonds. The second-order valence-electron chi connectivity index (χ2n) is 4.03. The van der Waals surface area contributed by atoms with Gasteiger partial charge < -0.3 is 14.8 Å². The molecule has 0 bridgehead atoms. The van der Waals surface area contributed by atoms with E-state index in [4.69, 9.17) is 9.47 Å². The van der Waals surface area contributed by atoms with Gasteiger partial charge in [-0.15, -0.1) is 0 Å². The van der Waals surface area contributed by atoms with Crippen molar-refractivity contribution >= 4 is 5.97 Å². The van der Waals surface area contributed by atoms with Gasteiger partial charge in [0, 0.05) is 0 Å². The van der Waals surface area contributed by atoms with Gasteiger partial charge in [0.25, 0.3) is 0 Å². The maximum Gasteiger partial charge on any atom is 0.326 e. The monoisotopic (exact) mass is 199 g/mol. The van der Waals surface area contributed by atoms with E-state index >= 15 is 0 Å². The van der Waals surface area contributed by atoms with Crippen LogP contribution in [0.5, 0.6) is 0 Å². The Morgan fingerprint density at radius 3 is 2.86 bits per heavy atom. The van der Waals surface area contributed by atoms with Crippen molar-refractivity contribution in [2.24, 2.45) is 0 Å². The van der Waals surface area contributed by atoms with Crippen molar-refractivity contribution in [2.45, 2.75) is 37.8 Å². The first-order chi connectivity index (χ1) is 6.77. The quantitative estimate of drug-likeness (QED) is 0.671. The summed E-state index contributed by atoms with van der Waals surface area (Å²) in [5, 5.41) is 3.26. The van der Waals surface area contributed by atoms with Gasteiger partial charge >= 0.3 is 5.97 Å². The third-order valence-corrected chi connectivity index (χ3v) is 3.12. The summed E-state index contributed by atoms with van der Waals surface area (Å²) in [6.07, 6.45) is 2.76. The van der Waals surface area contributed by atoms with Crippen molar-refractivity contribution in [1.82, 2.24) is 5.32 Å². The normalized spacial score (nSPS) is 32.6. The van der Waals surface area contributed by atoms with E-state index in [1.807, 2.05) is 6.92 Å². The molecule has 2 rings (SSSR count). The molecule has 4 nitrogen and oxygen atoms in total. The first kappa shape index (κ1) is 9.93. The van der Waals surface area contributed by atoms with E-state index < -0.39 is 5.54 Å². The van der Waals surface area contributed by atoms with E-state index in [-0.39, 0.29) is 12.1 Å². The molecule has 14 heavy (non-hydrogen) atoms. The molecule has 0 aromatic heterocycles. The lowest BCUT2D eigenvalue weighted by atomic mass is 9.94. The fourth-order valence-corrected chi connectivity index (χ4v) is 1.97. The number of esters is 1. The molecule has 1 unspecified atom stereocenters. The summed E-state index contributed by atoms with van der Waals surface area (Å²) < 4.78 is 10.3. The molecule has 0 aliphatic carbocycles. The maximum atomic E-state index is 11.9. The highest BCUT2D eigenvalue weighted by molar-refractivity contribution is 5.81. The molecule has 2 aliphatic heterocycles. The average Bonchev–Trinajstić information content (AvgIpc) is 2.60. The summed E-state index contributed by atoms with van der Waals surface area (Å²) in [5.74, 6) is -0.0919. The molecule has 1 atom stereocenters. The van der Waals surface area contributed by atoms with Gasteiger partial charge in [-0.1, -0.05) is 6.92 Å². The van der Waals surface area contributed by atoms with Crippen LogP contribution in [-0.4, -0.2) is 37.4 Å². The Hall–Kier alpha value is -0.610. The van der Waals surface area contributed by atoms with Crippen molar-refractivity contribution < 1.29 is 14.3 Å². The second kappa shape index (κ2) is 3.87. The largest absolute Gasteiger partial charge is 0.456 e. The van der Waals surface area contributed by atoms with E-state index in [2.05, 4.69) is 5.32 Å². The van der Waals surface area contributed by atoms with Gasteiger partial charge in [0.05, 0.1) is 13.2 Å². The van der Waals surface area contributed by atoms with Crippen molar-refractivity contribution in [3.05, 3.63) is 0 Å². The van der Waals surface area contributed by atoms with Crippen LogP contribution in [0.3, 0.4) is 0 Å². The van der Waals surface area contributed by atoms with E-state index in [0.717, 1.165) is 25.8 Å². The summed E-state index contributed by atoms with van der Waals surface area (Å²) in [7, 11) is 0. The van der Waals surface area contributed by atoms with Crippen LogP contribution in [0, 0.1) is 0 Å². The Morgan fingerprint density at radius 2 is 2.43 bits per heavy atom. The molecule has 0 spiro atoms. The zero-order valence-electron chi connectivity index (χ0n) is 8.54. The predicted octanol–water partition coefficient (Wildman–Crippen LogP) is 0.461. The van der Waals surface area contributed by atoms with Crippen LogP contribution in [0.15, 0.2) is 0 Å². The van der Waals surface area contributed by atoms with Crippen molar-refractivity contribution in [1.29, 1.82) is 0 Å². The van der Waals surface area contributed by atoms with Crippen LogP contribution >= 0.6 is 0 Å². The fraction of sp³-hybridized carbons (Fsp3) is 0.900. The molecular weight excluding hydrogens is 182 g/mol. The predicted molar refractivity (Wildman–Crippen MR) is 51.0 cm³/mol. The minimum Gasteiger partial charge on any atom is -0.456 e. The van der Waals surface area contributed by atoms with Crippen LogP contribution < -0.4 is 5.32 Å². The maximum absolute atomic E-state index is 11.9. The fourth-order valence-electron chi connectivity index (χ4n) is 1.97. The lowest BCUT2D eigenvalue weighted by Gasteiger charge is -2.31. The van der Waals surface area contributed by atoms with E-state index in [1.165, 1.54) is 0 Å². The molecular formula is C10H17NO3. The highest BCUT2D eigenvalue weighted by Gasteiger charge is 2.42. The van der Waals surface area contributed by atoms with Gasteiger partial charge in [-0.25, -0.2) is 0 Å². The van der Waals surface area contributed by atoms with Gasteiger partial charge in [0.1, 0.15) is 11.6 Å². The summed E-state index contributed by atoms with van der Waals surface area (Å²) in [6.45, 7) is 4.07. The number of rotatable bonds is 3. The summed E-state index contributed by atoms with van der Waals surface area (Å²) >= 11 is 0. The number of nitrogens with one attached hydrogen (secondary N) is 1. The Kier molecular flexibility index (Phi) is 2.74. The van der Waals surface area contributed by atoms with Crippen LogP contribution in [0.1, 0.15) is 26.2 Å². The van der Waals surface area contributed by atoms with E-state index in [1.54, 1.807) is 0 Å². The van der Waals surface area contributed by atoms with Crippen molar-refractivity contribution in [3.8, 4) is 0 Å². The molecule has 2 saturated heterocycles. The van der Waals surface area contributed by atoms with Gasteiger partial charge in [0.2, 0.25) is 0 Å². The smallest absolute Gasteiger partial charge is 0.326 e. The zero-order chi connectivity index (χ0) is 10.0. The molecule has 2 aliphatic rings. The average molecular weight is 199 g/mol. The van der Waals surface area contributed by atoms with Crippen molar-refractivity contribution in [2.75, 3.05) is 19.8 Å². The van der Waals surface area contributed by atoms with Crippen LogP contribution in [0.4, 0.5) is 0 Å². The number of hydrogen-bond acceptors (Lipinski definition) is 4. The van der Waals surface area contributed by atoms with Crippen LogP contribution in [-0.2, 0) is 14.3 Å². The van der Waals surface area contributed by atoms with Crippen molar-refractivity contribution in [3.63, 3.8) is 0 Å². The number of ether oxygens (including phenoxy) is 2. The molecule has 0 radical (unpaired) electrons. The lowest BCUT2D eigenvalue weighted by Crippen LogP contribution is -2.51. The Morgan fingerprint density at radius 1 is 1.64 bits per heavy atom. The zero-order valence-corrected chi connectivity index (χ0v) is 8.54. The SMILES string of the molecule is CCC1(C(=O)OC2COC2)CCCN1. The van der Waals surface area contributed by atoms with Gasteiger partial charge in [0.15, 0.2) is 0 Å². The molecule has 4 heteroatoms. The lowest BCUT2D eigenvalue weighted by molar-refractivity contribution is -0.179. The Bertz CT molecular complexity index is 219. The minimum atomic E-state index is -0.407. The van der Waals surface area contributed by atoms with Crippen LogP contribution in [0.25, 0.3) is 0 Å². The standard InChI is InChI=1S/C10H17NO3/c1-2-10(4-3-5-11-10)9(12)14-8-6-13-7-8/h8,11H,2-7H2,1H3. The molecule has 0 aromatic rings. The Balaban J connectivity index is 1.92. The highest BCUT2D eigenvalue weighted by Crippen LogP contribution is 2.25. The number of carbonyl (C=O) groups is 1. The third kappa shape index (κ3) is 1.64. The highest BCUT2D eigenvalue weighted by atomic mass is 16.6. The minimum absolute atomic E-state index is 0.00618. The molecule has 0 saturated carbocycles. The van der Waals surface area contributed by atoms with E-state index in [0.29, 0.717) is 13.2 Å². The molecule has 2 fully saturated rings. The van der Waals surface area contributed by atoms with Gasteiger partial charge in [-0.3, -0.25) is 4.79 Å². The number of carbonyl (C=O) groups excluding carboxylic acids is 1. The van der Waals surface area contributed by atoms with Gasteiger partial charge in [-0.2, -0.15) is 0 Å². The summed E-state index contributed by atoms with van der Waals surface area (Å²) in [6, 6.07) is 0.